The highest BCUT2D eigenvalue weighted by Gasteiger charge is 2.64. The minimum absolute atomic E-state index is 0.0294. The van der Waals surface area contributed by atoms with Gasteiger partial charge >= 0.3 is 0 Å². The lowest BCUT2D eigenvalue weighted by atomic mass is 9.66. The van der Waals surface area contributed by atoms with Gasteiger partial charge in [-0.1, -0.05) is 60.7 Å². The smallest absolute Gasteiger partial charge is 0.271 e. The molecule has 3 aromatic carbocycles. The van der Waals surface area contributed by atoms with Crippen LogP contribution in [0.3, 0.4) is 0 Å². The molecule has 134 valence electrons. The number of carbonyl (C=O) groups is 1. The second kappa shape index (κ2) is 6.27. The van der Waals surface area contributed by atoms with Gasteiger partial charge in [-0.05, 0) is 54.7 Å². The van der Waals surface area contributed by atoms with E-state index in [1.54, 1.807) is 0 Å². The first-order chi connectivity index (χ1) is 13.3. The van der Waals surface area contributed by atoms with E-state index in [4.69, 9.17) is 4.74 Å². The Balaban J connectivity index is 1.64. The molecule has 1 aliphatic heterocycles. The highest BCUT2D eigenvalue weighted by molar-refractivity contribution is 6.07. The first-order valence-corrected chi connectivity index (χ1v) is 9.50. The Labute approximate surface area is 159 Å². The molecule has 3 aromatic rings. The molecule has 2 atom stereocenters. The van der Waals surface area contributed by atoms with Gasteiger partial charge in [0.05, 0.1) is 0 Å². The van der Waals surface area contributed by atoms with Crippen LogP contribution in [-0.2, 0) is 16.8 Å². The predicted octanol–water partition coefficient (Wildman–Crippen LogP) is 4.71. The second-order valence-electron chi connectivity index (χ2n) is 7.26. The summed E-state index contributed by atoms with van der Waals surface area (Å²) in [6.45, 7) is 0. The van der Waals surface area contributed by atoms with Crippen LogP contribution in [0.4, 0.5) is 5.69 Å². The zero-order chi connectivity index (χ0) is 18.3. The van der Waals surface area contributed by atoms with Crippen LogP contribution >= 0.6 is 0 Å². The Morgan fingerprint density at radius 3 is 2.30 bits per heavy atom. The molecule has 1 fully saturated rings. The lowest BCUT2D eigenvalue weighted by Crippen LogP contribution is -2.75. The number of hydrogen-bond donors (Lipinski definition) is 0. The number of carbonyl (C=O) groups excluding carboxylic acids is 1. The molecule has 1 amide bonds. The summed E-state index contributed by atoms with van der Waals surface area (Å²) < 4.78 is 6.27. The summed E-state index contributed by atoms with van der Waals surface area (Å²) in [6, 6.07) is 28.1. The van der Waals surface area contributed by atoms with Gasteiger partial charge in [-0.25, -0.2) is 0 Å². The molecule has 3 nitrogen and oxygen atoms in total. The number of benzene rings is 3. The minimum Gasteiger partial charge on any atom is -0.478 e. The summed E-state index contributed by atoms with van der Waals surface area (Å²) in [5, 5.41) is 0. The monoisotopic (exact) mass is 355 g/mol. The third-order valence-electron chi connectivity index (χ3n) is 5.78. The Hall–Kier alpha value is -3.07. The summed E-state index contributed by atoms with van der Waals surface area (Å²) in [6.07, 6.45) is 2.50. The van der Waals surface area contributed by atoms with Gasteiger partial charge in [-0.3, -0.25) is 9.69 Å². The van der Waals surface area contributed by atoms with Gasteiger partial charge in [0.15, 0.2) is 0 Å². The summed E-state index contributed by atoms with van der Waals surface area (Å²) in [7, 11) is 0. The van der Waals surface area contributed by atoms with Crippen molar-refractivity contribution in [2.45, 2.75) is 30.9 Å². The van der Waals surface area contributed by atoms with Crippen molar-refractivity contribution in [1.29, 1.82) is 0 Å². The molecular formula is C24H21NO2. The summed E-state index contributed by atoms with van der Waals surface area (Å²) in [5.74, 6) is 0.771. The van der Waals surface area contributed by atoms with Crippen LogP contribution in [0.25, 0.3) is 0 Å². The van der Waals surface area contributed by atoms with E-state index in [9.17, 15) is 4.79 Å². The van der Waals surface area contributed by atoms with Crippen molar-refractivity contribution >= 4 is 11.6 Å². The van der Waals surface area contributed by atoms with Gasteiger partial charge in [0, 0.05) is 5.69 Å². The normalized spacial score (nSPS) is 23.6. The van der Waals surface area contributed by atoms with Gasteiger partial charge in [0.2, 0.25) is 6.10 Å². The van der Waals surface area contributed by atoms with E-state index in [2.05, 4.69) is 24.3 Å². The first kappa shape index (κ1) is 16.1. The molecule has 27 heavy (non-hydrogen) atoms. The van der Waals surface area contributed by atoms with Crippen molar-refractivity contribution < 1.29 is 9.53 Å². The summed E-state index contributed by atoms with van der Waals surface area (Å²) >= 11 is 0. The van der Waals surface area contributed by atoms with Crippen molar-refractivity contribution in [2.75, 3.05) is 4.90 Å². The maximum absolute atomic E-state index is 13.3. The van der Waals surface area contributed by atoms with E-state index >= 15 is 0 Å². The second-order valence-corrected chi connectivity index (χ2v) is 7.26. The predicted molar refractivity (Wildman–Crippen MR) is 106 cm³/mol. The number of nitrogens with zero attached hydrogens (tertiary/aromatic N) is 1. The highest BCUT2D eigenvalue weighted by Crippen LogP contribution is 2.52. The third kappa shape index (κ3) is 2.38. The van der Waals surface area contributed by atoms with Crippen molar-refractivity contribution in [2.24, 2.45) is 0 Å². The molecule has 0 radical (unpaired) electrons. The average Bonchev–Trinajstić information content (AvgIpc) is 2.74. The zero-order valence-electron chi connectivity index (χ0n) is 15.0. The number of rotatable bonds is 3. The maximum Gasteiger partial charge on any atom is 0.271 e. The SMILES string of the molecule is O=C1C(Oc2ccccc2)C2(CCCc3ccccc32)N1c1ccccc1. The van der Waals surface area contributed by atoms with Gasteiger partial charge < -0.3 is 4.74 Å². The van der Waals surface area contributed by atoms with Crippen LogP contribution in [-0.4, -0.2) is 12.0 Å². The molecule has 2 aliphatic rings. The van der Waals surface area contributed by atoms with E-state index in [0.29, 0.717) is 0 Å². The van der Waals surface area contributed by atoms with Crippen molar-refractivity contribution in [3.05, 3.63) is 96.1 Å². The number of anilines is 1. The zero-order valence-corrected chi connectivity index (χ0v) is 15.0. The fourth-order valence-corrected chi connectivity index (χ4v) is 4.64. The molecule has 2 unspecified atom stereocenters. The Morgan fingerprint density at radius 1 is 0.852 bits per heavy atom. The summed E-state index contributed by atoms with van der Waals surface area (Å²) in [5.41, 5.74) is 3.04. The van der Waals surface area contributed by atoms with E-state index < -0.39 is 11.6 Å². The van der Waals surface area contributed by atoms with Crippen LogP contribution in [0.15, 0.2) is 84.9 Å². The Kier molecular flexibility index (Phi) is 3.75. The standard InChI is InChI=1S/C24H21NO2/c26-23-22(27-20-14-5-2-6-15-20)24(25(23)19-12-3-1-4-13-19)17-9-11-18-10-7-8-16-21(18)24/h1-8,10,12-16,22H,9,11,17H2. The molecule has 0 N–H and O–H groups in total. The average molecular weight is 355 g/mol. The lowest BCUT2D eigenvalue weighted by molar-refractivity contribution is -0.143. The van der Waals surface area contributed by atoms with Crippen LogP contribution in [0.5, 0.6) is 5.75 Å². The van der Waals surface area contributed by atoms with Gasteiger partial charge in [-0.15, -0.1) is 0 Å². The molecule has 0 aromatic heterocycles. The van der Waals surface area contributed by atoms with Crippen molar-refractivity contribution in [3.8, 4) is 5.75 Å². The number of β-lactam (4-membered cyclic amide) rings is 1. The van der Waals surface area contributed by atoms with E-state index in [1.807, 2.05) is 65.6 Å². The molecule has 1 saturated heterocycles. The third-order valence-corrected chi connectivity index (χ3v) is 5.78. The molecule has 3 heteroatoms. The highest BCUT2D eigenvalue weighted by atomic mass is 16.5. The molecule has 1 aliphatic carbocycles. The largest absolute Gasteiger partial charge is 0.478 e. The minimum atomic E-state index is -0.499. The summed E-state index contributed by atoms with van der Waals surface area (Å²) in [4.78, 5) is 15.2. The number of fused-ring (bicyclic) bond motifs is 2. The van der Waals surface area contributed by atoms with E-state index in [-0.39, 0.29) is 5.91 Å². The van der Waals surface area contributed by atoms with Crippen molar-refractivity contribution in [1.82, 2.24) is 0 Å². The maximum atomic E-state index is 13.3. The van der Waals surface area contributed by atoms with Gasteiger partial charge in [0.25, 0.3) is 5.91 Å². The number of hydrogen-bond acceptors (Lipinski definition) is 2. The van der Waals surface area contributed by atoms with Crippen LogP contribution in [0.2, 0.25) is 0 Å². The molecule has 0 saturated carbocycles. The number of ether oxygens (including phenoxy) is 1. The van der Waals surface area contributed by atoms with Crippen molar-refractivity contribution in [3.63, 3.8) is 0 Å². The molecule has 1 spiro atoms. The van der Waals surface area contributed by atoms with Crippen LogP contribution < -0.4 is 9.64 Å². The molecule has 5 rings (SSSR count). The number of amides is 1. The molecule has 0 bridgehead atoms. The van der Waals surface area contributed by atoms with Crippen LogP contribution in [0.1, 0.15) is 24.0 Å². The quantitative estimate of drug-likeness (QED) is 0.637. The topological polar surface area (TPSA) is 29.5 Å². The van der Waals surface area contributed by atoms with Gasteiger partial charge in [-0.2, -0.15) is 0 Å². The van der Waals surface area contributed by atoms with E-state index in [0.717, 1.165) is 30.7 Å². The Morgan fingerprint density at radius 2 is 1.52 bits per heavy atom. The first-order valence-electron chi connectivity index (χ1n) is 9.50. The molecular weight excluding hydrogens is 334 g/mol. The fourth-order valence-electron chi connectivity index (χ4n) is 4.64. The lowest BCUT2D eigenvalue weighted by Gasteiger charge is -2.58. The molecule has 1 heterocycles. The Bertz CT molecular complexity index is 970. The van der Waals surface area contributed by atoms with Gasteiger partial charge in [0.1, 0.15) is 11.3 Å². The van der Waals surface area contributed by atoms with E-state index in [1.165, 1.54) is 11.1 Å². The number of para-hydroxylation sites is 2. The van der Waals surface area contributed by atoms with Crippen LogP contribution in [0, 0.1) is 0 Å². The fraction of sp³-hybridized carbons (Fsp3) is 0.208. The number of aryl methyl sites for hydroxylation is 1.